The van der Waals surface area contributed by atoms with Gasteiger partial charge in [0.2, 0.25) is 0 Å². The number of rotatable bonds is 2. The van der Waals surface area contributed by atoms with Gasteiger partial charge in [-0.15, -0.1) is 0 Å². The number of nitriles is 1. The monoisotopic (exact) mass is 357 g/mol. The third kappa shape index (κ3) is 2.85. The first kappa shape index (κ1) is 13.9. The average Bonchev–Trinajstić information content (AvgIpc) is 2.50. The van der Waals surface area contributed by atoms with E-state index >= 15 is 0 Å². The molecule has 0 amide bonds. The molecule has 0 aliphatic heterocycles. The van der Waals surface area contributed by atoms with Crippen LogP contribution in [-0.2, 0) is 0 Å². The van der Waals surface area contributed by atoms with Crippen LogP contribution in [-0.4, -0.2) is 4.98 Å². The molecule has 1 heterocycles. The van der Waals surface area contributed by atoms with Gasteiger partial charge < -0.3 is 5.32 Å². The number of halogens is 2. The summed E-state index contributed by atoms with van der Waals surface area (Å²) in [6.07, 6.45) is 1.73. The lowest BCUT2D eigenvalue weighted by atomic mass is 10.1. The molecule has 0 bridgehead atoms. The summed E-state index contributed by atoms with van der Waals surface area (Å²) in [5.74, 6) is 0. The van der Waals surface area contributed by atoms with Crippen LogP contribution in [0.25, 0.3) is 10.9 Å². The third-order valence-corrected chi connectivity index (χ3v) is 3.81. The molecule has 1 N–H and O–H groups in total. The van der Waals surface area contributed by atoms with Crippen molar-refractivity contribution < 1.29 is 0 Å². The Morgan fingerprint density at radius 2 is 2.05 bits per heavy atom. The van der Waals surface area contributed by atoms with Crippen LogP contribution in [0, 0.1) is 11.3 Å². The Balaban J connectivity index is 2.09. The molecule has 5 heteroatoms. The molecule has 0 spiro atoms. The molecular formula is C16H9BrClN3. The largest absolute Gasteiger partial charge is 0.354 e. The molecule has 0 saturated heterocycles. The molecule has 0 aliphatic rings. The number of hydrogen-bond donors (Lipinski definition) is 1. The minimum absolute atomic E-state index is 0.582. The Bertz CT molecular complexity index is 871. The smallest absolute Gasteiger partial charge is 0.0992 e. The molecule has 0 radical (unpaired) electrons. The third-order valence-electron chi connectivity index (χ3n) is 3.02. The number of nitrogens with one attached hydrogen (secondary N) is 1. The van der Waals surface area contributed by atoms with Gasteiger partial charge >= 0.3 is 0 Å². The SMILES string of the molecule is N#Cc1cc(Br)cc(Nc2ccc(Cl)c3cccnc23)c1. The molecule has 0 aliphatic carbocycles. The van der Waals surface area contributed by atoms with Crippen molar-refractivity contribution in [1.82, 2.24) is 4.98 Å². The maximum atomic E-state index is 9.03. The van der Waals surface area contributed by atoms with Crippen molar-refractivity contribution in [1.29, 1.82) is 5.26 Å². The van der Waals surface area contributed by atoms with E-state index in [1.165, 1.54) is 0 Å². The van der Waals surface area contributed by atoms with E-state index < -0.39 is 0 Å². The minimum Gasteiger partial charge on any atom is -0.354 e. The average molecular weight is 359 g/mol. The van der Waals surface area contributed by atoms with Gasteiger partial charge in [-0.25, -0.2) is 0 Å². The number of benzene rings is 2. The van der Waals surface area contributed by atoms with Crippen molar-refractivity contribution in [3.05, 3.63) is 63.7 Å². The van der Waals surface area contributed by atoms with Gasteiger partial charge in [0, 0.05) is 21.7 Å². The number of nitrogens with zero attached hydrogens (tertiary/aromatic N) is 2. The molecule has 0 unspecified atom stereocenters. The fourth-order valence-corrected chi connectivity index (χ4v) is 2.83. The zero-order valence-electron chi connectivity index (χ0n) is 10.8. The fraction of sp³-hybridized carbons (Fsp3) is 0. The van der Waals surface area contributed by atoms with E-state index in [4.69, 9.17) is 16.9 Å². The van der Waals surface area contributed by atoms with Crippen molar-refractivity contribution in [2.75, 3.05) is 5.32 Å². The maximum Gasteiger partial charge on any atom is 0.0992 e. The fourth-order valence-electron chi connectivity index (χ4n) is 2.12. The zero-order chi connectivity index (χ0) is 14.8. The van der Waals surface area contributed by atoms with Crippen LogP contribution in [0.4, 0.5) is 11.4 Å². The van der Waals surface area contributed by atoms with E-state index in [1.54, 1.807) is 18.3 Å². The Morgan fingerprint density at radius 1 is 1.19 bits per heavy atom. The Morgan fingerprint density at radius 3 is 2.86 bits per heavy atom. The number of fused-ring (bicyclic) bond motifs is 1. The normalized spacial score (nSPS) is 10.3. The summed E-state index contributed by atoms with van der Waals surface area (Å²) in [5.41, 5.74) is 3.04. The van der Waals surface area contributed by atoms with E-state index in [9.17, 15) is 0 Å². The highest BCUT2D eigenvalue weighted by Crippen LogP contribution is 2.31. The van der Waals surface area contributed by atoms with Crippen LogP contribution >= 0.6 is 27.5 Å². The van der Waals surface area contributed by atoms with Gasteiger partial charge in [0.25, 0.3) is 0 Å². The van der Waals surface area contributed by atoms with Crippen molar-refractivity contribution in [2.24, 2.45) is 0 Å². The summed E-state index contributed by atoms with van der Waals surface area (Å²) in [6.45, 7) is 0. The topological polar surface area (TPSA) is 48.7 Å². The Hall–Kier alpha value is -2.09. The summed E-state index contributed by atoms with van der Waals surface area (Å²) in [4.78, 5) is 4.38. The van der Waals surface area contributed by atoms with Gasteiger partial charge in [-0.3, -0.25) is 4.98 Å². The van der Waals surface area contributed by atoms with Gasteiger partial charge in [0.15, 0.2) is 0 Å². The zero-order valence-corrected chi connectivity index (χ0v) is 13.1. The highest BCUT2D eigenvalue weighted by atomic mass is 79.9. The maximum absolute atomic E-state index is 9.03. The summed E-state index contributed by atoms with van der Waals surface area (Å²) >= 11 is 9.59. The lowest BCUT2D eigenvalue weighted by Gasteiger charge is -2.10. The molecule has 1 aromatic heterocycles. The molecule has 0 saturated carbocycles. The molecule has 21 heavy (non-hydrogen) atoms. The van der Waals surface area contributed by atoms with E-state index in [2.05, 4.69) is 32.3 Å². The van der Waals surface area contributed by atoms with Crippen LogP contribution in [0.3, 0.4) is 0 Å². The van der Waals surface area contributed by atoms with E-state index in [0.29, 0.717) is 10.6 Å². The molecular weight excluding hydrogens is 350 g/mol. The number of hydrogen-bond acceptors (Lipinski definition) is 3. The first-order chi connectivity index (χ1) is 10.2. The second-order valence-electron chi connectivity index (χ2n) is 4.46. The standard InChI is InChI=1S/C16H9BrClN3/c17-11-6-10(9-19)7-12(8-11)21-15-4-3-14(18)13-2-1-5-20-16(13)15/h1-8,21H. The molecule has 3 nitrogen and oxygen atoms in total. The van der Waals surface area contributed by atoms with Gasteiger partial charge in [-0.1, -0.05) is 27.5 Å². The molecule has 3 aromatic rings. The highest BCUT2D eigenvalue weighted by molar-refractivity contribution is 9.10. The van der Waals surface area contributed by atoms with Crippen molar-refractivity contribution in [2.45, 2.75) is 0 Å². The minimum atomic E-state index is 0.582. The van der Waals surface area contributed by atoms with Gasteiger partial charge in [-0.05, 0) is 42.5 Å². The Labute approximate surface area is 135 Å². The van der Waals surface area contributed by atoms with Crippen LogP contribution in [0.1, 0.15) is 5.56 Å². The molecule has 0 atom stereocenters. The molecule has 3 rings (SSSR count). The van der Waals surface area contributed by atoms with Crippen molar-refractivity contribution in [3.63, 3.8) is 0 Å². The summed E-state index contributed by atoms with van der Waals surface area (Å²) in [6, 6.07) is 15.1. The lowest BCUT2D eigenvalue weighted by Crippen LogP contribution is -1.94. The number of pyridine rings is 1. The van der Waals surface area contributed by atoms with Crippen molar-refractivity contribution in [3.8, 4) is 6.07 Å². The van der Waals surface area contributed by atoms with E-state index in [0.717, 1.165) is 26.8 Å². The van der Waals surface area contributed by atoms with Crippen LogP contribution < -0.4 is 5.32 Å². The van der Waals surface area contributed by atoms with Gasteiger partial charge in [-0.2, -0.15) is 5.26 Å². The molecule has 102 valence electrons. The first-order valence-corrected chi connectivity index (χ1v) is 7.35. The summed E-state index contributed by atoms with van der Waals surface area (Å²) < 4.78 is 0.843. The van der Waals surface area contributed by atoms with E-state index in [1.807, 2.05) is 30.3 Å². The van der Waals surface area contributed by atoms with E-state index in [-0.39, 0.29) is 0 Å². The summed E-state index contributed by atoms with van der Waals surface area (Å²) in [5, 5.41) is 13.9. The summed E-state index contributed by atoms with van der Waals surface area (Å²) in [7, 11) is 0. The predicted octanol–water partition coefficient (Wildman–Crippen LogP) is 5.27. The second kappa shape index (κ2) is 5.72. The number of aromatic nitrogens is 1. The van der Waals surface area contributed by atoms with Gasteiger partial charge in [0.05, 0.1) is 27.9 Å². The Kier molecular flexibility index (Phi) is 3.78. The van der Waals surface area contributed by atoms with Crippen LogP contribution in [0.5, 0.6) is 0 Å². The van der Waals surface area contributed by atoms with Gasteiger partial charge in [0.1, 0.15) is 0 Å². The number of anilines is 2. The van der Waals surface area contributed by atoms with Crippen LogP contribution in [0.15, 0.2) is 53.1 Å². The first-order valence-electron chi connectivity index (χ1n) is 6.18. The molecule has 0 fully saturated rings. The highest BCUT2D eigenvalue weighted by Gasteiger charge is 2.07. The second-order valence-corrected chi connectivity index (χ2v) is 5.78. The lowest BCUT2D eigenvalue weighted by molar-refractivity contribution is 1.40. The van der Waals surface area contributed by atoms with Crippen LogP contribution in [0.2, 0.25) is 5.02 Å². The predicted molar refractivity (Wildman–Crippen MR) is 88.9 cm³/mol. The quantitative estimate of drug-likeness (QED) is 0.679. The van der Waals surface area contributed by atoms with Crippen molar-refractivity contribution >= 4 is 49.8 Å². The molecule has 2 aromatic carbocycles.